The molecule has 2 aliphatic rings. The number of amides is 4. The molecular weight excluding hydrogens is 628 g/mol. The van der Waals surface area contributed by atoms with E-state index in [0.717, 1.165) is 42.3 Å². The number of carbonyl (C=O) groups excluding carboxylic acids is 5. The molecule has 46 heavy (non-hydrogen) atoms. The summed E-state index contributed by atoms with van der Waals surface area (Å²) >= 11 is 7.19. The van der Waals surface area contributed by atoms with Gasteiger partial charge in [0.25, 0.3) is 5.91 Å². The van der Waals surface area contributed by atoms with Gasteiger partial charge in [-0.15, -0.1) is 0 Å². The fourth-order valence-electron chi connectivity index (χ4n) is 5.48. The van der Waals surface area contributed by atoms with Crippen LogP contribution in [0.15, 0.2) is 54.6 Å². The molecule has 1 aliphatic heterocycles. The molecule has 0 spiro atoms. The summed E-state index contributed by atoms with van der Waals surface area (Å²) < 4.78 is 8.72. The van der Waals surface area contributed by atoms with Gasteiger partial charge < -0.3 is 20.7 Å². The fourth-order valence-corrected chi connectivity index (χ4v) is 6.41. The van der Waals surface area contributed by atoms with Crippen LogP contribution in [-0.4, -0.2) is 53.5 Å². The van der Waals surface area contributed by atoms with Crippen molar-refractivity contribution < 1.29 is 28.7 Å². The molecule has 4 rings (SSSR count). The van der Waals surface area contributed by atoms with Crippen molar-refractivity contribution in [1.82, 2.24) is 20.7 Å². The van der Waals surface area contributed by atoms with Crippen molar-refractivity contribution in [3.05, 3.63) is 70.7 Å². The molecule has 12 heteroatoms. The highest BCUT2D eigenvalue weighted by Gasteiger charge is 2.38. The van der Waals surface area contributed by atoms with Crippen molar-refractivity contribution in [2.75, 3.05) is 6.54 Å². The molecule has 4 N–H and O–H groups in total. The standard InChI is InChI=1S/C34H43ClN4O6S/c1-4-5-14-27(31(42)38-26(19-22-17-18-36-30(22)41)28(40)32(43)37-25-15-16-25)46-39-33(44)45-29(21-10-7-6-8-11-21)34(2,3)23-12-9-13-24(35)20-23/h6-13,20,22,25-27,29H,4-5,14-19H2,1-3H3,(H,36,41)(H,37,43)(H,38,42)(H,39,44)/t22-,26-,27-,29?/m0/s1. The third-order valence-electron chi connectivity index (χ3n) is 8.40. The first-order valence-corrected chi connectivity index (χ1v) is 17.1. The van der Waals surface area contributed by atoms with Crippen molar-refractivity contribution in [2.24, 2.45) is 5.92 Å². The molecule has 0 aromatic heterocycles. The topological polar surface area (TPSA) is 143 Å². The van der Waals surface area contributed by atoms with Crippen LogP contribution in [-0.2, 0) is 29.3 Å². The third kappa shape index (κ3) is 9.72. The van der Waals surface area contributed by atoms with Gasteiger partial charge in [0, 0.05) is 28.9 Å². The molecule has 4 amide bonds. The number of unbranched alkanes of at least 4 members (excludes halogenated alkanes) is 1. The number of halogens is 1. The lowest BCUT2D eigenvalue weighted by Crippen LogP contribution is -2.51. The highest BCUT2D eigenvalue weighted by Crippen LogP contribution is 2.40. The predicted octanol–water partition coefficient (Wildman–Crippen LogP) is 5.15. The van der Waals surface area contributed by atoms with Crippen LogP contribution in [0.3, 0.4) is 0 Å². The lowest BCUT2D eigenvalue weighted by molar-refractivity contribution is -0.140. The van der Waals surface area contributed by atoms with E-state index in [-0.39, 0.29) is 18.4 Å². The molecule has 10 nitrogen and oxygen atoms in total. The SMILES string of the molecule is CCCC[C@H](SNC(=O)OC(c1ccccc1)C(C)(C)c1cccc(Cl)c1)C(=O)N[C@@H](C[C@@H]1CCNC1=O)C(=O)C(=O)NC1CC1. The predicted molar refractivity (Wildman–Crippen MR) is 178 cm³/mol. The zero-order valence-corrected chi connectivity index (χ0v) is 28.0. The molecule has 2 aromatic carbocycles. The Morgan fingerprint density at radius 3 is 2.43 bits per heavy atom. The Morgan fingerprint density at radius 2 is 1.80 bits per heavy atom. The zero-order chi connectivity index (χ0) is 33.3. The van der Waals surface area contributed by atoms with Crippen LogP contribution < -0.4 is 20.7 Å². The van der Waals surface area contributed by atoms with Crippen LogP contribution in [0.1, 0.15) is 82.9 Å². The Morgan fingerprint density at radius 1 is 1.07 bits per heavy atom. The number of hydrogen-bond donors (Lipinski definition) is 4. The Kier molecular flexibility index (Phi) is 12.5. The zero-order valence-electron chi connectivity index (χ0n) is 26.5. The number of Topliss-reactive ketones (excluding diaryl/α,β-unsaturated/α-hetero) is 1. The van der Waals surface area contributed by atoms with Crippen LogP contribution in [0.4, 0.5) is 4.79 Å². The second-order valence-electron chi connectivity index (χ2n) is 12.5. The molecular formula is C34H43ClN4O6S. The molecule has 0 bridgehead atoms. The van der Waals surface area contributed by atoms with Crippen LogP contribution in [0.25, 0.3) is 0 Å². The Labute approximate surface area is 279 Å². The molecule has 0 radical (unpaired) electrons. The second kappa shape index (κ2) is 16.3. The maximum Gasteiger partial charge on any atom is 0.417 e. The molecule has 2 fully saturated rings. The Balaban J connectivity index is 1.46. The molecule has 2 aromatic rings. The lowest BCUT2D eigenvalue weighted by atomic mass is 9.76. The van der Waals surface area contributed by atoms with E-state index in [9.17, 15) is 24.0 Å². The van der Waals surface area contributed by atoms with Gasteiger partial charge in [-0.3, -0.25) is 23.9 Å². The van der Waals surface area contributed by atoms with Gasteiger partial charge in [0.2, 0.25) is 17.6 Å². The minimum Gasteiger partial charge on any atom is -0.440 e. The molecule has 248 valence electrons. The normalized spacial score (nSPS) is 18.1. The number of carbonyl (C=O) groups is 5. The summed E-state index contributed by atoms with van der Waals surface area (Å²) in [5.41, 5.74) is 0.996. The highest BCUT2D eigenvalue weighted by atomic mass is 35.5. The van der Waals surface area contributed by atoms with Crippen molar-refractivity contribution in [3.63, 3.8) is 0 Å². The van der Waals surface area contributed by atoms with E-state index < -0.39 is 52.4 Å². The minimum atomic E-state index is -1.17. The van der Waals surface area contributed by atoms with Gasteiger partial charge >= 0.3 is 6.09 Å². The summed E-state index contributed by atoms with van der Waals surface area (Å²) in [5.74, 6) is -2.74. The van der Waals surface area contributed by atoms with Gasteiger partial charge in [-0.25, -0.2) is 4.79 Å². The third-order valence-corrected chi connectivity index (χ3v) is 9.65. The number of ketones is 1. The molecule has 4 atom stereocenters. The quantitative estimate of drug-likeness (QED) is 0.143. The van der Waals surface area contributed by atoms with Crippen LogP contribution in [0, 0.1) is 5.92 Å². The molecule has 1 saturated carbocycles. The maximum atomic E-state index is 13.6. The van der Waals surface area contributed by atoms with Gasteiger partial charge in [-0.05, 0) is 67.3 Å². The van der Waals surface area contributed by atoms with Gasteiger partial charge in [-0.2, -0.15) is 0 Å². The van der Waals surface area contributed by atoms with Crippen molar-refractivity contribution in [1.29, 1.82) is 0 Å². The van der Waals surface area contributed by atoms with E-state index in [1.54, 1.807) is 6.07 Å². The lowest BCUT2D eigenvalue weighted by Gasteiger charge is -2.35. The van der Waals surface area contributed by atoms with E-state index in [1.165, 1.54) is 0 Å². The van der Waals surface area contributed by atoms with Gasteiger partial charge in [0.05, 0.1) is 6.04 Å². The van der Waals surface area contributed by atoms with Crippen molar-refractivity contribution in [3.8, 4) is 0 Å². The number of nitrogens with one attached hydrogen (secondary N) is 4. The van der Waals surface area contributed by atoms with Crippen LogP contribution in [0.2, 0.25) is 5.02 Å². The van der Waals surface area contributed by atoms with E-state index in [2.05, 4.69) is 20.7 Å². The number of rotatable bonds is 16. The summed E-state index contributed by atoms with van der Waals surface area (Å²) in [4.78, 5) is 65.0. The average molecular weight is 671 g/mol. The largest absolute Gasteiger partial charge is 0.440 e. The minimum absolute atomic E-state index is 0.0203. The van der Waals surface area contributed by atoms with E-state index in [0.29, 0.717) is 30.8 Å². The van der Waals surface area contributed by atoms with E-state index in [4.69, 9.17) is 16.3 Å². The molecule has 1 saturated heterocycles. The average Bonchev–Trinajstić information content (AvgIpc) is 3.77. The van der Waals surface area contributed by atoms with Gasteiger partial charge in [-0.1, -0.05) is 87.7 Å². The fraction of sp³-hybridized carbons (Fsp3) is 0.500. The Bertz CT molecular complexity index is 1400. The smallest absolute Gasteiger partial charge is 0.417 e. The van der Waals surface area contributed by atoms with Crippen LogP contribution >= 0.6 is 23.5 Å². The summed E-state index contributed by atoms with van der Waals surface area (Å²) in [6, 6.07) is 15.6. The number of ether oxygens (including phenoxy) is 1. The highest BCUT2D eigenvalue weighted by molar-refractivity contribution is 7.99. The number of hydrogen-bond acceptors (Lipinski definition) is 7. The molecule has 1 aliphatic carbocycles. The Hall–Kier alpha value is -3.57. The van der Waals surface area contributed by atoms with E-state index in [1.807, 2.05) is 69.3 Å². The molecule has 1 heterocycles. The van der Waals surface area contributed by atoms with Crippen LogP contribution in [0.5, 0.6) is 0 Å². The first-order chi connectivity index (χ1) is 22.0. The van der Waals surface area contributed by atoms with Crippen molar-refractivity contribution >= 4 is 53.1 Å². The summed E-state index contributed by atoms with van der Waals surface area (Å²) in [7, 11) is 0. The summed E-state index contributed by atoms with van der Waals surface area (Å²) in [5, 5.41) is 7.94. The summed E-state index contributed by atoms with van der Waals surface area (Å²) in [6.45, 7) is 6.40. The monoisotopic (exact) mass is 670 g/mol. The van der Waals surface area contributed by atoms with Gasteiger partial charge in [0.15, 0.2) is 0 Å². The molecule has 1 unspecified atom stereocenters. The van der Waals surface area contributed by atoms with E-state index >= 15 is 0 Å². The van der Waals surface area contributed by atoms with Crippen molar-refractivity contribution in [2.45, 2.75) is 94.6 Å². The van der Waals surface area contributed by atoms with Gasteiger partial charge in [0.1, 0.15) is 11.4 Å². The number of benzene rings is 2. The first-order valence-electron chi connectivity index (χ1n) is 15.9. The maximum absolute atomic E-state index is 13.6. The first kappa shape index (κ1) is 35.3. The second-order valence-corrected chi connectivity index (χ2v) is 13.9. The summed E-state index contributed by atoms with van der Waals surface area (Å²) in [6.07, 6.45) is 2.60.